The van der Waals surface area contributed by atoms with Crippen molar-refractivity contribution in [3.8, 4) is 0 Å². The van der Waals surface area contributed by atoms with Crippen molar-refractivity contribution in [2.45, 2.75) is 142 Å². The van der Waals surface area contributed by atoms with Crippen molar-refractivity contribution in [3.63, 3.8) is 0 Å². The number of hydrogen-bond acceptors (Lipinski definition) is 5. The van der Waals surface area contributed by atoms with Crippen LogP contribution in [0.15, 0.2) is 0 Å². The van der Waals surface area contributed by atoms with Gasteiger partial charge in [0.05, 0.1) is 35.6 Å². The minimum absolute atomic E-state index is 0.0267. The summed E-state index contributed by atoms with van der Waals surface area (Å²) in [6, 6.07) is 0. The maximum absolute atomic E-state index is 11.7. The average molecular weight is 491 g/mol. The summed E-state index contributed by atoms with van der Waals surface area (Å²) < 4.78 is 6.66. The molecule has 35 heavy (non-hydrogen) atoms. The SMILES string of the molecule is CC(C)(O)[C@@H]1CC[C@](C)([C@@H]2[C@H](O)C[C@@]3(C)[C@@H]4C[C@H](O)[C@@H]5C(C)(C)[C@H](O)CC[C@]56C[C@]46CC[C@]23C)O1. The second-order valence-electron chi connectivity index (χ2n) is 15.9. The molecule has 2 spiro atoms. The maximum atomic E-state index is 11.7. The van der Waals surface area contributed by atoms with Gasteiger partial charge in [-0.1, -0.05) is 27.7 Å². The molecule has 1 aliphatic heterocycles. The van der Waals surface area contributed by atoms with E-state index in [0.717, 1.165) is 51.4 Å². The van der Waals surface area contributed by atoms with E-state index in [2.05, 4.69) is 34.6 Å². The molecule has 0 bridgehead atoms. The molecule has 1 heterocycles. The summed E-state index contributed by atoms with van der Waals surface area (Å²) in [5.74, 6) is 0.577. The van der Waals surface area contributed by atoms with Crippen LogP contribution in [0.3, 0.4) is 0 Å². The van der Waals surface area contributed by atoms with E-state index in [4.69, 9.17) is 4.74 Å². The van der Waals surface area contributed by atoms with Gasteiger partial charge in [0, 0.05) is 5.92 Å². The van der Waals surface area contributed by atoms with Crippen LogP contribution in [-0.2, 0) is 4.74 Å². The van der Waals surface area contributed by atoms with Crippen LogP contribution < -0.4 is 0 Å². The zero-order chi connectivity index (χ0) is 25.6. The summed E-state index contributed by atoms with van der Waals surface area (Å²) in [4.78, 5) is 0. The fraction of sp³-hybridized carbons (Fsp3) is 1.00. The highest BCUT2D eigenvalue weighted by atomic mass is 16.5. The molecule has 5 saturated carbocycles. The number of aliphatic hydroxyl groups excluding tert-OH is 3. The first kappa shape index (κ1) is 25.1. The molecule has 6 rings (SSSR count). The molecular formula is C30H50O5. The Morgan fingerprint density at radius 3 is 2.09 bits per heavy atom. The van der Waals surface area contributed by atoms with Crippen molar-refractivity contribution in [2.24, 2.45) is 44.8 Å². The van der Waals surface area contributed by atoms with Crippen LogP contribution in [0, 0.1) is 44.8 Å². The van der Waals surface area contributed by atoms with Crippen LogP contribution in [0.1, 0.15) is 106 Å². The van der Waals surface area contributed by atoms with Gasteiger partial charge in [-0.05, 0) is 117 Å². The molecule has 6 aliphatic rings. The summed E-state index contributed by atoms with van der Waals surface area (Å²) in [6.07, 6.45) is 7.18. The molecule has 6 fully saturated rings. The zero-order valence-electron chi connectivity index (χ0n) is 23.1. The van der Waals surface area contributed by atoms with Crippen molar-refractivity contribution >= 4 is 0 Å². The topological polar surface area (TPSA) is 90.2 Å². The first-order chi connectivity index (χ1) is 16.0. The summed E-state index contributed by atoms with van der Waals surface area (Å²) in [6.45, 7) is 15.0. The third kappa shape index (κ3) is 2.78. The molecule has 0 aromatic carbocycles. The molecule has 0 unspecified atom stereocenters. The fourth-order valence-corrected chi connectivity index (χ4v) is 12.1. The second kappa shape index (κ2) is 6.86. The molecule has 200 valence electrons. The summed E-state index contributed by atoms with van der Waals surface area (Å²) in [7, 11) is 0. The van der Waals surface area contributed by atoms with Crippen molar-refractivity contribution in [1.29, 1.82) is 0 Å². The van der Waals surface area contributed by atoms with E-state index in [0.29, 0.717) is 5.92 Å². The summed E-state index contributed by atoms with van der Waals surface area (Å²) in [5, 5.41) is 45.0. The third-order valence-corrected chi connectivity index (χ3v) is 13.8. The highest BCUT2D eigenvalue weighted by Crippen LogP contribution is 2.89. The second-order valence-corrected chi connectivity index (χ2v) is 15.9. The molecule has 0 radical (unpaired) electrons. The van der Waals surface area contributed by atoms with E-state index >= 15 is 0 Å². The van der Waals surface area contributed by atoms with Crippen LogP contribution in [0.5, 0.6) is 0 Å². The number of ether oxygens (including phenoxy) is 1. The van der Waals surface area contributed by atoms with Crippen molar-refractivity contribution in [2.75, 3.05) is 0 Å². The summed E-state index contributed by atoms with van der Waals surface area (Å²) >= 11 is 0. The standard InChI is InChI=1S/C30H50O5/c1-24(2)20(33)8-11-30-16-29(30)13-12-26(5)23(28(7)10-9-21(35-28)25(3,4)34)18(32)15-27(26,6)19(29)14-17(31)22(24)30/h17-23,31-34H,8-16H2,1-7H3/t17-,18+,19-,20+,21-,22+,23+,26+,27-,28+,29+,30-/m0/s1. The first-order valence-electron chi connectivity index (χ1n) is 14.4. The van der Waals surface area contributed by atoms with Gasteiger partial charge in [-0.2, -0.15) is 0 Å². The average Bonchev–Trinajstić information content (AvgIpc) is 3.08. The summed E-state index contributed by atoms with van der Waals surface area (Å²) in [5.41, 5.74) is -1.35. The Morgan fingerprint density at radius 1 is 0.771 bits per heavy atom. The fourth-order valence-electron chi connectivity index (χ4n) is 12.1. The zero-order valence-corrected chi connectivity index (χ0v) is 23.1. The highest BCUT2D eigenvalue weighted by Gasteiger charge is 2.84. The monoisotopic (exact) mass is 490 g/mol. The first-order valence-corrected chi connectivity index (χ1v) is 14.4. The molecule has 0 amide bonds. The Labute approximate surface area is 212 Å². The number of rotatable bonds is 2. The van der Waals surface area contributed by atoms with E-state index in [1.54, 1.807) is 0 Å². The van der Waals surface area contributed by atoms with Crippen LogP contribution in [0.2, 0.25) is 0 Å². The lowest BCUT2D eigenvalue weighted by Crippen LogP contribution is -2.62. The molecule has 1 saturated heterocycles. The van der Waals surface area contributed by atoms with Gasteiger partial charge >= 0.3 is 0 Å². The van der Waals surface area contributed by atoms with E-state index in [-0.39, 0.29) is 51.1 Å². The lowest BCUT2D eigenvalue weighted by Gasteiger charge is -2.64. The van der Waals surface area contributed by atoms with Crippen LogP contribution in [-0.4, -0.2) is 56.0 Å². The lowest BCUT2D eigenvalue weighted by molar-refractivity contribution is -0.213. The third-order valence-electron chi connectivity index (χ3n) is 13.8. The molecule has 12 atom stereocenters. The number of fused-ring (bicyclic) bond motifs is 2. The van der Waals surface area contributed by atoms with Gasteiger partial charge < -0.3 is 25.2 Å². The van der Waals surface area contributed by atoms with Crippen molar-refractivity contribution in [3.05, 3.63) is 0 Å². The van der Waals surface area contributed by atoms with Crippen molar-refractivity contribution < 1.29 is 25.2 Å². The largest absolute Gasteiger partial charge is 0.393 e. The Balaban J connectivity index is 1.37. The Bertz CT molecular complexity index is 911. The van der Waals surface area contributed by atoms with Crippen LogP contribution >= 0.6 is 0 Å². The van der Waals surface area contributed by atoms with Gasteiger partial charge in [-0.3, -0.25) is 0 Å². The molecule has 0 aromatic heterocycles. The molecular weight excluding hydrogens is 440 g/mol. The predicted molar refractivity (Wildman–Crippen MR) is 134 cm³/mol. The molecule has 0 aromatic rings. The lowest BCUT2D eigenvalue weighted by atomic mass is 9.41. The van der Waals surface area contributed by atoms with Gasteiger partial charge in [-0.15, -0.1) is 0 Å². The smallest absolute Gasteiger partial charge is 0.0865 e. The van der Waals surface area contributed by atoms with Crippen LogP contribution in [0.4, 0.5) is 0 Å². The van der Waals surface area contributed by atoms with Gasteiger partial charge in [-0.25, -0.2) is 0 Å². The van der Waals surface area contributed by atoms with Gasteiger partial charge in [0.2, 0.25) is 0 Å². The maximum Gasteiger partial charge on any atom is 0.0865 e. The molecule has 5 nitrogen and oxygen atoms in total. The van der Waals surface area contributed by atoms with Crippen LogP contribution in [0.25, 0.3) is 0 Å². The number of hydrogen-bond donors (Lipinski definition) is 4. The Hall–Kier alpha value is -0.200. The van der Waals surface area contributed by atoms with E-state index in [1.165, 1.54) is 6.42 Å². The normalized spacial score (nSPS) is 60.9. The minimum Gasteiger partial charge on any atom is -0.393 e. The molecule has 4 N–H and O–H groups in total. The predicted octanol–water partition coefficient (Wildman–Crippen LogP) is 4.44. The highest BCUT2D eigenvalue weighted by molar-refractivity contribution is 5.33. The van der Waals surface area contributed by atoms with Gasteiger partial charge in [0.15, 0.2) is 0 Å². The van der Waals surface area contributed by atoms with E-state index < -0.39 is 23.4 Å². The van der Waals surface area contributed by atoms with E-state index in [9.17, 15) is 20.4 Å². The van der Waals surface area contributed by atoms with Gasteiger partial charge in [0.1, 0.15) is 0 Å². The molecule has 5 heteroatoms. The Kier molecular flexibility index (Phi) is 4.92. The van der Waals surface area contributed by atoms with Crippen molar-refractivity contribution in [1.82, 2.24) is 0 Å². The van der Waals surface area contributed by atoms with E-state index in [1.807, 2.05) is 13.8 Å². The quantitative estimate of drug-likeness (QED) is 0.460. The number of aliphatic hydroxyl groups is 4. The Morgan fingerprint density at radius 2 is 1.46 bits per heavy atom. The minimum atomic E-state index is -0.886. The molecule has 5 aliphatic carbocycles. The van der Waals surface area contributed by atoms with Gasteiger partial charge in [0.25, 0.3) is 0 Å².